The highest BCUT2D eigenvalue weighted by Gasteiger charge is 2.17. The molecule has 1 aromatic heterocycles. The Morgan fingerprint density at radius 2 is 2.03 bits per heavy atom. The van der Waals surface area contributed by atoms with Crippen LogP contribution in [0.2, 0.25) is 5.02 Å². The zero-order valence-electron chi connectivity index (χ0n) is 17.5. The molecule has 0 bridgehead atoms. The van der Waals surface area contributed by atoms with Crippen LogP contribution in [-0.2, 0) is 4.74 Å². The number of pyridine rings is 1. The number of hydrogen-bond donors (Lipinski definition) is 1. The lowest BCUT2D eigenvalue weighted by Gasteiger charge is -2.26. The highest BCUT2D eigenvalue weighted by atomic mass is 35.5. The quantitative estimate of drug-likeness (QED) is 0.547. The molecule has 4 rings (SSSR count). The van der Waals surface area contributed by atoms with Gasteiger partial charge in [-0.2, -0.15) is 5.26 Å². The number of nitriles is 1. The minimum absolute atomic E-state index is 0.360. The van der Waals surface area contributed by atoms with Gasteiger partial charge in [-0.15, -0.1) is 0 Å². The molecule has 1 aliphatic heterocycles. The monoisotopic (exact) mass is 436 g/mol. The maximum atomic E-state index is 9.88. The van der Waals surface area contributed by atoms with E-state index >= 15 is 0 Å². The minimum atomic E-state index is 0.360. The second kappa shape index (κ2) is 9.97. The number of benzene rings is 2. The van der Waals surface area contributed by atoms with Crippen LogP contribution in [0.3, 0.4) is 0 Å². The third-order valence-corrected chi connectivity index (χ3v) is 5.71. The summed E-state index contributed by atoms with van der Waals surface area (Å²) in [5.41, 5.74) is 1.98. The Labute approximate surface area is 187 Å². The van der Waals surface area contributed by atoms with Crippen LogP contribution in [0.15, 0.2) is 42.5 Å². The van der Waals surface area contributed by atoms with Crippen LogP contribution in [0.5, 0.6) is 5.75 Å². The Hall–Kier alpha value is -2.85. The molecular weight excluding hydrogens is 412 g/mol. The van der Waals surface area contributed by atoms with Crippen LogP contribution in [0.1, 0.15) is 12.1 Å². The maximum Gasteiger partial charge on any atom is 0.151 e. The van der Waals surface area contributed by atoms with E-state index in [1.54, 1.807) is 7.11 Å². The number of nitrogens with one attached hydrogen (secondary N) is 1. The average molecular weight is 437 g/mol. The van der Waals surface area contributed by atoms with Crippen molar-refractivity contribution >= 4 is 28.2 Å². The molecule has 2 aromatic carbocycles. The lowest BCUT2D eigenvalue weighted by molar-refractivity contribution is 0.0378. The van der Waals surface area contributed by atoms with Crippen molar-refractivity contribution < 1.29 is 9.47 Å². The van der Waals surface area contributed by atoms with Gasteiger partial charge in [0.25, 0.3) is 0 Å². The van der Waals surface area contributed by atoms with Crippen molar-refractivity contribution in [3.8, 4) is 22.9 Å². The number of fused-ring (bicyclic) bond motifs is 1. The second-order valence-corrected chi connectivity index (χ2v) is 7.89. The molecule has 1 fully saturated rings. The summed E-state index contributed by atoms with van der Waals surface area (Å²) in [5, 5.41) is 15.8. The zero-order valence-corrected chi connectivity index (χ0v) is 18.3. The molecule has 7 heteroatoms. The van der Waals surface area contributed by atoms with Gasteiger partial charge in [0.2, 0.25) is 0 Å². The third kappa shape index (κ3) is 4.91. The topological polar surface area (TPSA) is 70.4 Å². The van der Waals surface area contributed by atoms with E-state index in [0.717, 1.165) is 73.5 Å². The van der Waals surface area contributed by atoms with Crippen LogP contribution in [0.4, 0.5) is 5.82 Å². The fourth-order valence-electron chi connectivity index (χ4n) is 3.91. The van der Waals surface area contributed by atoms with Crippen molar-refractivity contribution in [1.82, 2.24) is 9.88 Å². The van der Waals surface area contributed by atoms with E-state index in [1.807, 2.05) is 42.5 Å². The summed E-state index contributed by atoms with van der Waals surface area (Å²) in [5.74, 6) is 1.44. The van der Waals surface area contributed by atoms with E-state index in [-0.39, 0.29) is 0 Å². The number of anilines is 1. The number of methoxy groups -OCH3 is 1. The molecule has 0 spiro atoms. The number of morpholine rings is 1. The Kier molecular flexibility index (Phi) is 6.88. The molecule has 0 unspecified atom stereocenters. The highest BCUT2D eigenvalue weighted by Crippen LogP contribution is 2.37. The van der Waals surface area contributed by atoms with Gasteiger partial charge in [0, 0.05) is 35.6 Å². The van der Waals surface area contributed by atoms with Crippen LogP contribution >= 0.6 is 11.6 Å². The molecule has 0 atom stereocenters. The molecule has 160 valence electrons. The van der Waals surface area contributed by atoms with E-state index in [0.29, 0.717) is 16.5 Å². The number of halogens is 1. The molecule has 6 nitrogen and oxygen atoms in total. The smallest absolute Gasteiger partial charge is 0.151 e. The van der Waals surface area contributed by atoms with Crippen molar-refractivity contribution in [2.45, 2.75) is 6.42 Å². The largest absolute Gasteiger partial charge is 0.497 e. The standard InChI is InChI=1S/C24H25ClN4O2/c1-30-19-6-7-20-21(15-19)23(17-4-2-5-18(25)14-17)22(16-26)28-24(20)27-8-3-9-29-10-12-31-13-11-29/h2,4-7,14-15H,3,8-13H2,1H3,(H,27,28). The molecule has 1 N–H and O–H groups in total. The molecule has 1 saturated heterocycles. The third-order valence-electron chi connectivity index (χ3n) is 5.48. The molecule has 0 radical (unpaired) electrons. The summed E-state index contributed by atoms with van der Waals surface area (Å²) >= 11 is 6.23. The van der Waals surface area contributed by atoms with Crippen molar-refractivity contribution in [2.75, 3.05) is 51.8 Å². The highest BCUT2D eigenvalue weighted by molar-refractivity contribution is 6.31. The lowest BCUT2D eigenvalue weighted by Crippen LogP contribution is -2.37. The van der Waals surface area contributed by atoms with Gasteiger partial charge >= 0.3 is 0 Å². The molecule has 0 amide bonds. The molecule has 31 heavy (non-hydrogen) atoms. The van der Waals surface area contributed by atoms with Gasteiger partial charge in [-0.05, 0) is 54.2 Å². The molecule has 0 aliphatic carbocycles. The Morgan fingerprint density at radius 3 is 2.77 bits per heavy atom. The Balaban J connectivity index is 1.66. The zero-order chi connectivity index (χ0) is 21.6. The Bertz CT molecular complexity index is 1110. The van der Waals surface area contributed by atoms with E-state index in [4.69, 9.17) is 21.1 Å². The van der Waals surface area contributed by atoms with Crippen LogP contribution in [0, 0.1) is 11.3 Å². The van der Waals surface area contributed by atoms with Crippen molar-refractivity contribution in [3.05, 3.63) is 53.2 Å². The number of ether oxygens (including phenoxy) is 2. The summed E-state index contributed by atoms with van der Waals surface area (Å²) in [4.78, 5) is 7.08. The average Bonchev–Trinajstić information content (AvgIpc) is 2.81. The Morgan fingerprint density at radius 1 is 1.19 bits per heavy atom. The van der Waals surface area contributed by atoms with Gasteiger partial charge in [0.1, 0.15) is 17.6 Å². The lowest BCUT2D eigenvalue weighted by atomic mass is 9.97. The first-order valence-electron chi connectivity index (χ1n) is 10.4. The number of nitrogens with zero attached hydrogens (tertiary/aromatic N) is 3. The van der Waals surface area contributed by atoms with Crippen LogP contribution < -0.4 is 10.1 Å². The summed E-state index contributed by atoms with van der Waals surface area (Å²) in [6, 6.07) is 15.6. The van der Waals surface area contributed by atoms with Gasteiger partial charge in [0.15, 0.2) is 5.69 Å². The molecule has 2 heterocycles. The van der Waals surface area contributed by atoms with Crippen LogP contribution in [0.25, 0.3) is 21.9 Å². The van der Waals surface area contributed by atoms with E-state index in [1.165, 1.54) is 0 Å². The predicted octanol–water partition coefficient (Wildman–Crippen LogP) is 4.57. The van der Waals surface area contributed by atoms with E-state index in [2.05, 4.69) is 21.3 Å². The number of hydrogen-bond acceptors (Lipinski definition) is 6. The van der Waals surface area contributed by atoms with Crippen molar-refractivity contribution in [1.29, 1.82) is 5.26 Å². The molecular formula is C24H25ClN4O2. The van der Waals surface area contributed by atoms with Crippen molar-refractivity contribution in [3.63, 3.8) is 0 Å². The van der Waals surface area contributed by atoms with Crippen LogP contribution in [-0.4, -0.2) is 56.4 Å². The van der Waals surface area contributed by atoms with E-state index < -0.39 is 0 Å². The molecule has 0 saturated carbocycles. The normalized spacial score (nSPS) is 14.4. The van der Waals surface area contributed by atoms with Crippen molar-refractivity contribution in [2.24, 2.45) is 0 Å². The SMILES string of the molecule is COc1ccc2c(NCCCN3CCOCC3)nc(C#N)c(-c3cccc(Cl)c3)c2c1. The molecule has 1 aliphatic rings. The number of aromatic nitrogens is 1. The maximum absolute atomic E-state index is 9.88. The van der Waals surface area contributed by atoms with Gasteiger partial charge in [0.05, 0.1) is 20.3 Å². The summed E-state index contributed by atoms with van der Waals surface area (Å²) in [6.45, 7) is 5.35. The second-order valence-electron chi connectivity index (χ2n) is 7.45. The first-order valence-corrected chi connectivity index (χ1v) is 10.8. The van der Waals surface area contributed by atoms with Gasteiger partial charge < -0.3 is 14.8 Å². The van der Waals surface area contributed by atoms with Gasteiger partial charge in [-0.3, -0.25) is 4.90 Å². The first kappa shape index (κ1) is 21.4. The van der Waals surface area contributed by atoms with Gasteiger partial charge in [-0.25, -0.2) is 4.98 Å². The fourth-order valence-corrected chi connectivity index (χ4v) is 4.10. The molecule has 3 aromatic rings. The van der Waals surface area contributed by atoms with E-state index in [9.17, 15) is 5.26 Å². The number of rotatable bonds is 7. The first-order chi connectivity index (χ1) is 15.2. The predicted molar refractivity (Wildman–Crippen MR) is 124 cm³/mol. The summed E-state index contributed by atoms with van der Waals surface area (Å²) < 4.78 is 10.9. The fraction of sp³-hybridized carbons (Fsp3) is 0.333. The summed E-state index contributed by atoms with van der Waals surface area (Å²) in [6.07, 6.45) is 0.983. The van der Waals surface area contributed by atoms with Gasteiger partial charge in [-0.1, -0.05) is 23.7 Å². The minimum Gasteiger partial charge on any atom is -0.497 e. The summed E-state index contributed by atoms with van der Waals surface area (Å²) in [7, 11) is 1.64.